The van der Waals surface area contributed by atoms with E-state index in [2.05, 4.69) is 36.9 Å². The van der Waals surface area contributed by atoms with Crippen molar-refractivity contribution in [2.75, 3.05) is 19.8 Å². The quantitative estimate of drug-likeness (QED) is 0.615. The van der Waals surface area contributed by atoms with Crippen molar-refractivity contribution in [3.63, 3.8) is 0 Å². The van der Waals surface area contributed by atoms with Crippen molar-refractivity contribution in [3.05, 3.63) is 58.8 Å². The Morgan fingerprint density at radius 2 is 2.03 bits per heavy atom. The molecule has 32 heavy (non-hydrogen) atoms. The van der Waals surface area contributed by atoms with Crippen molar-refractivity contribution >= 4 is 5.97 Å². The largest absolute Gasteiger partial charge is 0.462 e. The highest BCUT2D eigenvalue weighted by molar-refractivity contribution is 5.91. The van der Waals surface area contributed by atoms with Gasteiger partial charge in [0.15, 0.2) is 6.29 Å². The predicted octanol–water partition coefficient (Wildman–Crippen LogP) is 4.00. The summed E-state index contributed by atoms with van der Waals surface area (Å²) in [5.41, 5.74) is 4.31. The van der Waals surface area contributed by atoms with Gasteiger partial charge in [0.1, 0.15) is 0 Å². The molecule has 1 aromatic rings. The molecule has 0 aromatic heterocycles. The molecule has 6 nitrogen and oxygen atoms in total. The molecule has 0 bridgehead atoms. The van der Waals surface area contributed by atoms with Crippen LogP contribution in [-0.4, -0.2) is 54.2 Å². The summed E-state index contributed by atoms with van der Waals surface area (Å²) in [6.45, 7) is 7.86. The van der Waals surface area contributed by atoms with Gasteiger partial charge in [-0.1, -0.05) is 32.0 Å². The number of hydrogen-bond donors (Lipinski definition) is 1. The van der Waals surface area contributed by atoms with E-state index in [-0.39, 0.29) is 24.3 Å². The molecule has 2 aliphatic heterocycles. The van der Waals surface area contributed by atoms with Crippen LogP contribution in [0.15, 0.2) is 42.1 Å². The van der Waals surface area contributed by atoms with Crippen LogP contribution in [0.25, 0.3) is 0 Å². The Morgan fingerprint density at radius 1 is 1.25 bits per heavy atom. The fraction of sp³-hybridized carbons (Fsp3) is 0.577. The highest BCUT2D eigenvalue weighted by Crippen LogP contribution is 2.43. The lowest BCUT2D eigenvalue weighted by Crippen LogP contribution is -2.39. The number of nitrogens with zero attached hydrogens (tertiary/aromatic N) is 1. The van der Waals surface area contributed by atoms with E-state index in [1.165, 1.54) is 16.7 Å². The van der Waals surface area contributed by atoms with Gasteiger partial charge >= 0.3 is 5.97 Å². The van der Waals surface area contributed by atoms with Gasteiger partial charge in [0.05, 0.1) is 37.5 Å². The lowest BCUT2D eigenvalue weighted by molar-refractivity contribution is -0.138. The number of rotatable bonds is 8. The lowest BCUT2D eigenvalue weighted by atomic mass is 9.90. The number of carbonyl (C=O) groups is 1. The van der Waals surface area contributed by atoms with E-state index in [0.717, 1.165) is 19.3 Å². The summed E-state index contributed by atoms with van der Waals surface area (Å²) in [4.78, 5) is 14.6. The number of carbonyl (C=O) groups excluding carboxylic acids is 1. The minimum absolute atomic E-state index is 0.0216. The fourth-order valence-electron chi connectivity index (χ4n) is 5.13. The van der Waals surface area contributed by atoms with Gasteiger partial charge in [-0.15, -0.1) is 0 Å². The second-order valence-corrected chi connectivity index (χ2v) is 9.07. The van der Waals surface area contributed by atoms with Gasteiger partial charge in [0, 0.05) is 18.7 Å². The topological polar surface area (TPSA) is 68.2 Å². The third-order valence-corrected chi connectivity index (χ3v) is 6.59. The number of esters is 1. The van der Waals surface area contributed by atoms with Crippen molar-refractivity contribution in [1.29, 1.82) is 0 Å². The zero-order chi connectivity index (χ0) is 22.7. The van der Waals surface area contributed by atoms with Gasteiger partial charge in [-0.3, -0.25) is 0 Å². The molecule has 1 fully saturated rings. The van der Waals surface area contributed by atoms with Gasteiger partial charge in [-0.25, -0.2) is 4.79 Å². The molecule has 0 radical (unpaired) electrons. The molecular formula is C26H35NO5. The summed E-state index contributed by atoms with van der Waals surface area (Å²) in [7, 11) is 0. The number of benzene rings is 1. The molecule has 0 saturated carbocycles. The van der Waals surface area contributed by atoms with Crippen LogP contribution in [0.2, 0.25) is 0 Å². The van der Waals surface area contributed by atoms with Crippen molar-refractivity contribution in [2.45, 2.75) is 76.9 Å². The number of hydrogen-bond acceptors (Lipinski definition) is 6. The highest BCUT2D eigenvalue weighted by Gasteiger charge is 2.39. The van der Waals surface area contributed by atoms with Crippen LogP contribution in [0.5, 0.6) is 0 Å². The van der Waals surface area contributed by atoms with Crippen molar-refractivity contribution in [3.8, 4) is 0 Å². The summed E-state index contributed by atoms with van der Waals surface area (Å²) in [6, 6.07) is 6.23. The van der Waals surface area contributed by atoms with Crippen molar-refractivity contribution in [2.24, 2.45) is 0 Å². The minimum atomic E-state index is -0.490. The van der Waals surface area contributed by atoms with E-state index in [9.17, 15) is 9.90 Å². The van der Waals surface area contributed by atoms with Crippen LogP contribution in [0.4, 0.5) is 0 Å². The van der Waals surface area contributed by atoms with Crippen LogP contribution < -0.4 is 0 Å². The summed E-state index contributed by atoms with van der Waals surface area (Å²) >= 11 is 0. The van der Waals surface area contributed by atoms with Gasteiger partial charge in [-0.05, 0) is 60.9 Å². The average molecular weight is 442 g/mol. The Balaban J connectivity index is 1.60. The lowest BCUT2D eigenvalue weighted by Gasteiger charge is -2.39. The monoisotopic (exact) mass is 441 g/mol. The standard InChI is InChI=1S/C26H35NO5/c1-4-30-26(29)19-11-12-27(20(15-19)8-6-10-23-31-13-14-32-23)25-22(28)16-18-7-5-9-21(17(2)3)24(18)25/h5,7,9,11-12,15,17,20,22-23,25,28H,4,6,8,10,13-14,16H2,1-3H3/t20-,22-,25-/m0/s1. The molecule has 0 amide bonds. The van der Waals surface area contributed by atoms with E-state index in [0.29, 0.717) is 37.7 Å². The Morgan fingerprint density at radius 3 is 2.75 bits per heavy atom. The van der Waals surface area contributed by atoms with Crippen LogP contribution in [-0.2, 0) is 25.4 Å². The second kappa shape index (κ2) is 10.2. The zero-order valence-electron chi connectivity index (χ0n) is 19.3. The van der Waals surface area contributed by atoms with E-state index in [4.69, 9.17) is 14.2 Å². The maximum Gasteiger partial charge on any atom is 0.337 e. The van der Waals surface area contributed by atoms with E-state index < -0.39 is 6.10 Å². The predicted molar refractivity (Wildman–Crippen MR) is 122 cm³/mol. The third-order valence-electron chi connectivity index (χ3n) is 6.59. The van der Waals surface area contributed by atoms with Gasteiger partial charge in [0.25, 0.3) is 0 Å². The molecule has 3 atom stereocenters. The van der Waals surface area contributed by atoms with Crippen molar-refractivity contribution in [1.82, 2.24) is 4.90 Å². The molecule has 174 valence electrons. The first kappa shape index (κ1) is 23.0. The molecule has 1 aromatic carbocycles. The van der Waals surface area contributed by atoms with E-state index in [1.807, 2.05) is 25.3 Å². The van der Waals surface area contributed by atoms with Crippen LogP contribution >= 0.6 is 0 Å². The smallest absolute Gasteiger partial charge is 0.337 e. The number of aliphatic hydroxyl groups is 1. The number of aliphatic hydroxyl groups excluding tert-OH is 1. The van der Waals surface area contributed by atoms with Crippen LogP contribution in [0.1, 0.15) is 68.7 Å². The van der Waals surface area contributed by atoms with Gasteiger partial charge in [-0.2, -0.15) is 0 Å². The average Bonchev–Trinajstić information content (AvgIpc) is 3.40. The van der Waals surface area contributed by atoms with Gasteiger partial charge < -0.3 is 24.2 Å². The zero-order valence-corrected chi connectivity index (χ0v) is 19.3. The molecule has 4 rings (SSSR count). The van der Waals surface area contributed by atoms with Crippen LogP contribution in [0, 0.1) is 0 Å². The molecule has 6 heteroatoms. The highest BCUT2D eigenvalue weighted by atomic mass is 16.7. The molecule has 2 heterocycles. The third kappa shape index (κ3) is 4.77. The molecule has 1 N–H and O–H groups in total. The Hall–Kier alpha value is -2.15. The number of fused-ring (bicyclic) bond motifs is 1. The maximum atomic E-state index is 12.4. The second-order valence-electron chi connectivity index (χ2n) is 9.07. The maximum absolute atomic E-state index is 12.4. The molecular weight excluding hydrogens is 406 g/mol. The molecule has 1 aliphatic carbocycles. The Labute approximate surface area is 190 Å². The van der Waals surface area contributed by atoms with E-state index in [1.54, 1.807) is 0 Å². The molecule has 0 unspecified atom stereocenters. The summed E-state index contributed by atoms with van der Waals surface area (Å²) in [5, 5.41) is 11.1. The van der Waals surface area contributed by atoms with Gasteiger partial charge in [0.2, 0.25) is 0 Å². The first-order chi connectivity index (χ1) is 15.5. The summed E-state index contributed by atoms with van der Waals surface area (Å²) < 4.78 is 16.4. The fourth-order valence-corrected chi connectivity index (χ4v) is 5.13. The summed E-state index contributed by atoms with van der Waals surface area (Å²) in [5.74, 6) is 0.0679. The SMILES string of the molecule is CCOC(=O)C1=C[C@H](CCCC2OCCO2)N([C@@H]2c3c(cccc3C(C)C)C[C@@H]2O)C=C1. The summed E-state index contributed by atoms with van der Waals surface area (Å²) in [6.07, 6.45) is 8.36. The molecule has 1 saturated heterocycles. The molecule has 3 aliphatic rings. The molecule has 0 spiro atoms. The normalized spacial score (nSPS) is 25.3. The minimum Gasteiger partial charge on any atom is -0.462 e. The first-order valence-electron chi connectivity index (χ1n) is 11.9. The number of ether oxygens (including phenoxy) is 3. The Kier molecular flexibility index (Phi) is 7.33. The van der Waals surface area contributed by atoms with E-state index >= 15 is 0 Å². The Bertz CT molecular complexity index is 871. The van der Waals surface area contributed by atoms with Crippen LogP contribution in [0.3, 0.4) is 0 Å². The van der Waals surface area contributed by atoms with Crippen molar-refractivity contribution < 1.29 is 24.1 Å². The first-order valence-corrected chi connectivity index (χ1v) is 11.9.